The highest BCUT2D eigenvalue weighted by Crippen LogP contribution is 1.98. The van der Waals surface area contributed by atoms with Crippen LogP contribution in [0.5, 0.6) is 0 Å². The number of amides is 1. The van der Waals surface area contributed by atoms with Crippen molar-refractivity contribution in [3.63, 3.8) is 0 Å². The fourth-order valence-electron chi connectivity index (χ4n) is 1.10. The van der Waals surface area contributed by atoms with E-state index in [0.717, 1.165) is 13.1 Å². The Labute approximate surface area is 61.4 Å². The van der Waals surface area contributed by atoms with Gasteiger partial charge in [0.1, 0.15) is 0 Å². The molecule has 0 aromatic rings. The number of hydrogen-bond acceptors (Lipinski definition) is 2. The van der Waals surface area contributed by atoms with Crippen LogP contribution in [-0.4, -0.2) is 36.5 Å². The molecule has 1 aliphatic heterocycles. The van der Waals surface area contributed by atoms with E-state index in [1.807, 2.05) is 0 Å². The Morgan fingerprint density at radius 3 is 2.70 bits per heavy atom. The molecule has 1 heterocycles. The fourth-order valence-corrected chi connectivity index (χ4v) is 1.10. The Morgan fingerprint density at radius 2 is 2.30 bits per heavy atom. The molecule has 1 amide bonds. The van der Waals surface area contributed by atoms with E-state index >= 15 is 0 Å². The highest BCUT2D eigenvalue weighted by Gasteiger charge is 2.17. The summed E-state index contributed by atoms with van der Waals surface area (Å²) in [4.78, 5) is 13.0. The summed E-state index contributed by atoms with van der Waals surface area (Å²) in [6.45, 7) is 6.58. The Bertz CT molecular complexity index is 134. The minimum atomic E-state index is 0.153. The summed E-state index contributed by atoms with van der Waals surface area (Å²) in [5.41, 5.74) is 0. The number of carbonyl (C=O) groups is 1. The zero-order chi connectivity index (χ0) is 7.56. The van der Waals surface area contributed by atoms with Gasteiger partial charge in [0.05, 0.1) is 6.54 Å². The van der Waals surface area contributed by atoms with E-state index in [1.165, 1.54) is 0 Å². The van der Waals surface area contributed by atoms with Crippen molar-refractivity contribution in [1.82, 2.24) is 10.2 Å². The lowest BCUT2D eigenvalue weighted by atomic mass is 10.2. The number of hydrogen-bond donors (Lipinski definition) is 1. The fraction of sp³-hybridized carbons (Fsp3) is 0.857. The van der Waals surface area contributed by atoms with Crippen molar-refractivity contribution in [2.45, 2.75) is 19.9 Å². The van der Waals surface area contributed by atoms with Crippen LogP contribution >= 0.6 is 0 Å². The minimum absolute atomic E-state index is 0.153. The van der Waals surface area contributed by atoms with Crippen LogP contribution in [-0.2, 0) is 4.79 Å². The number of piperazine rings is 1. The van der Waals surface area contributed by atoms with Gasteiger partial charge in [0, 0.05) is 19.1 Å². The quantitative estimate of drug-likeness (QED) is 0.551. The average molecular weight is 142 g/mol. The second-order valence-corrected chi connectivity index (χ2v) is 2.91. The van der Waals surface area contributed by atoms with Gasteiger partial charge in [-0.25, -0.2) is 0 Å². The normalized spacial score (nSPS) is 21.3. The van der Waals surface area contributed by atoms with Gasteiger partial charge in [-0.15, -0.1) is 0 Å². The van der Waals surface area contributed by atoms with E-state index in [-0.39, 0.29) is 5.91 Å². The molecule has 1 fully saturated rings. The third-order valence-corrected chi connectivity index (χ3v) is 1.80. The van der Waals surface area contributed by atoms with Crippen molar-refractivity contribution in [2.75, 3.05) is 19.6 Å². The number of carbonyl (C=O) groups excluding carboxylic acids is 1. The summed E-state index contributed by atoms with van der Waals surface area (Å²) >= 11 is 0. The molecule has 1 rings (SSSR count). The van der Waals surface area contributed by atoms with Crippen LogP contribution in [0.25, 0.3) is 0 Å². The lowest BCUT2D eigenvalue weighted by Crippen LogP contribution is -2.50. The van der Waals surface area contributed by atoms with E-state index in [2.05, 4.69) is 24.1 Å². The molecule has 0 unspecified atom stereocenters. The first-order valence-electron chi connectivity index (χ1n) is 3.71. The van der Waals surface area contributed by atoms with Crippen molar-refractivity contribution < 1.29 is 4.79 Å². The zero-order valence-electron chi connectivity index (χ0n) is 6.55. The molecule has 0 saturated carbocycles. The van der Waals surface area contributed by atoms with Crippen LogP contribution in [0.2, 0.25) is 0 Å². The largest absolute Gasteiger partial charge is 0.354 e. The third kappa shape index (κ3) is 1.70. The molecule has 0 aromatic heterocycles. The van der Waals surface area contributed by atoms with Gasteiger partial charge < -0.3 is 5.32 Å². The molecule has 0 aromatic carbocycles. The summed E-state index contributed by atoms with van der Waals surface area (Å²) < 4.78 is 0. The van der Waals surface area contributed by atoms with Gasteiger partial charge >= 0.3 is 0 Å². The average Bonchev–Trinajstić information content (AvgIpc) is 1.88. The van der Waals surface area contributed by atoms with Crippen molar-refractivity contribution >= 4 is 5.91 Å². The van der Waals surface area contributed by atoms with Gasteiger partial charge in [0.15, 0.2) is 0 Å². The van der Waals surface area contributed by atoms with E-state index in [9.17, 15) is 4.79 Å². The Balaban J connectivity index is 2.39. The highest BCUT2D eigenvalue weighted by atomic mass is 16.2. The highest BCUT2D eigenvalue weighted by molar-refractivity contribution is 5.78. The summed E-state index contributed by atoms with van der Waals surface area (Å²) in [5, 5.41) is 2.79. The van der Waals surface area contributed by atoms with E-state index in [1.54, 1.807) is 0 Å². The lowest BCUT2D eigenvalue weighted by molar-refractivity contribution is -0.124. The van der Waals surface area contributed by atoms with Crippen LogP contribution in [0.3, 0.4) is 0 Å². The Morgan fingerprint density at radius 1 is 1.60 bits per heavy atom. The number of nitrogens with one attached hydrogen (secondary N) is 1. The van der Waals surface area contributed by atoms with Gasteiger partial charge in [-0.05, 0) is 13.8 Å². The van der Waals surface area contributed by atoms with Crippen molar-refractivity contribution in [3.05, 3.63) is 0 Å². The molecule has 1 aliphatic rings. The predicted molar refractivity (Wildman–Crippen MR) is 39.7 cm³/mol. The number of rotatable bonds is 1. The predicted octanol–water partition coefficient (Wildman–Crippen LogP) is -0.173. The van der Waals surface area contributed by atoms with Crippen molar-refractivity contribution in [1.29, 1.82) is 0 Å². The third-order valence-electron chi connectivity index (χ3n) is 1.80. The zero-order valence-corrected chi connectivity index (χ0v) is 6.55. The topological polar surface area (TPSA) is 32.3 Å². The molecule has 0 radical (unpaired) electrons. The van der Waals surface area contributed by atoms with Gasteiger partial charge in [-0.1, -0.05) is 0 Å². The molecular weight excluding hydrogens is 128 g/mol. The summed E-state index contributed by atoms with van der Waals surface area (Å²) in [6.07, 6.45) is 0. The van der Waals surface area contributed by atoms with Gasteiger partial charge in [0.2, 0.25) is 5.91 Å². The molecule has 3 nitrogen and oxygen atoms in total. The van der Waals surface area contributed by atoms with Crippen molar-refractivity contribution in [2.24, 2.45) is 0 Å². The molecule has 0 aliphatic carbocycles. The monoisotopic (exact) mass is 142 g/mol. The second kappa shape index (κ2) is 3.01. The van der Waals surface area contributed by atoms with Gasteiger partial charge in [-0.3, -0.25) is 9.69 Å². The molecule has 0 spiro atoms. The maximum absolute atomic E-state index is 10.8. The molecule has 58 valence electrons. The first-order chi connectivity index (χ1) is 4.70. The van der Waals surface area contributed by atoms with Crippen LogP contribution in [0.1, 0.15) is 13.8 Å². The van der Waals surface area contributed by atoms with Crippen molar-refractivity contribution in [3.8, 4) is 0 Å². The van der Waals surface area contributed by atoms with E-state index < -0.39 is 0 Å². The second-order valence-electron chi connectivity index (χ2n) is 2.91. The standard InChI is InChI=1S/C7H14N2O/c1-6(2)9-4-3-8-7(10)5-9/h6H,3-5H2,1-2H3,(H,8,10). The molecule has 0 atom stereocenters. The first-order valence-corrected chi connectivity index (χ1v) is 3.71. The molecule has 0 bridgehead atoms. The molecule has 3 heteroatoms. The molecular formula is C7H14N2O. The summed E-state index contributed by atoms with van der Waals surface area (Å²) in [7, 11) is 0. The smallest absolute Gasteiger partial charge is 0.234 e. The molecule has 1 N–H and O–H groups in total. The van der Waals surface area contributed by atoms with Gasteiger partial charge in [-0.2, -0.15) is 0 Å². The maximum Gasteiger partial charge on any atom is 0.234 e. The van der Waals surface area contributed by atoms with E-state index in [4.69, 9.17) is 0 Å². The summed E-state index contributed by atoms with van der Waals surface area (Å²) in [5.74, 6) is 0.153. The molecule has 10 heavy (non-hydrogen) atoms. The van der Waals surface area contributed by atoms with Gasteiger partial charge in [0.25, 0.3) is 0 Å². The summed E-state index contributed by atoms with van der Waals surface area (Å²) in [6, 6.07) is 0.492. The van der Waals surface area contributed by atoms with Crippen LogP contribution < -0.4 is 5.32 Å². The number of nitrogens with zero attached hydrogens (tertiary/aromatic N) is 1. The van der Waals surface area contributed by atoms with Crippen LogP contribution in [0, 0.1) is 0 Å². The first kappa shape index (κ1) is 7.54. The van der Waals surface area contributed by atoms with E-state index in [0.29, 0.717) is 12.6 Å². The lowest BCUT2D eigenvalue weighted by Gasteiger charge is -2.29. The Kier molecular flexibility index (Phi) is 2.27. The van der Waals surface area contributed by atoms with Crippen LogP contribution in [0.15, 0.2) is 0 Å². The SMILES string of the molecule is CC(C)N1CCNC(=O)C1. The maximum atomic E-state index is 10.8. The van der Waals surface area contributed by atoms with Crippen LogP contribution in [0.4, 0.5) is 0 Å². The minimum Gasteiger partial charge on any atom is -0.354 e. The Hall–Kier alpha value is -0.570. The molecule has 1 saturated heterocycles.